The van der Waals surface area contributed by atoms with Gasteiger partial charge in [-0.15, -0.1) is 0 Å². The van der Waals surface area contributed by atoms with Gasteiger partial charge in [0.25, 0.3) is 0 Å². The molecule has 0 saturated heterocycles. The largest absolute Gasteiger partial charge is 0.395 e. The van der Waals surface area contributed by atoms with Gasteiger partial charge in [-0.2, -0.15) is 0 Å². The van der Waals surface area contributed by atoms with Crippen LogP contribution in [-0.2, 0) is 0 Å². The van der Waals surface area contributed by atoms with Crippen LogP contribution in [0.5, 0.6) is 0 Å². The second-order valence-corrected chi connectivity index (χ2v) is 3.77. The lowest BCUT2D eigenvalue weighted by atomic mass is 10.0. The number of aliphatic hydroxyl groups excluding tert-OH is 1. The maximum Gasteiger partial charge on any atom is 0.123 e. The number of halogens is 1. The van der Waals surface area contributed by atoms with Crippen molar-refractivity contribution in [1.29, 1.82) is 0 Å². The lowest BCUT2D eigenvalue weighted by Gasteiger charge is -2.21. The molecule has 0 saturated carbocycles. The Hall–Kier alpha value is -0.930. The van der Waals surface area contributed by atoms with Crippen molar-refractivity contribution < 1.29 is 9.50 Å². The van der Waals surface area contributed by atoms with Crippen molar-refractivity contribution in [2.75, 3.05) is 6.61 Å². The SMILES string of the molecule is CCC(NC(C)CO)c1cccc(F)c1. The Kier molecular flexibility index (Phi) is 4.72. The fraction of sp³-hybridized carbons (Fsp3) is 0.500. The van der Waals surface area contributed by atoms with Gasteiger partial charge in [0, 0.05) is 12.1 Å². The van der Waals surface area contributed by atoms with Gasteiger partial charge in [0.1, 0.15) is 5.82 Å². The molecule has 2 nitrogen and oxygen atoms in total. The molecule has 1 rings (SSSR count). The molecule has 0 aliphatic heterocycles. The van der Waals surface area contributed by atoms with E-state index in [1.54, 1.807) is 6.07 Å². The van der Waals surface area contributed by atoms with Crippen LogP contribution in [0.2, 0.25) is 0 Å². The van der Waals surface area contributed by atoms with Gasteiger partial charge in [0.05, 0.1) is 6.61 Å². The summed E-state index contributed by atoms with van der Waals surface area (Å²) in [5.41, 5.74) is 0.929. The molecule has 0 fully saturated rings. The molecule has 0 aliphatic carbocycles. The van der Waals surface area contributed by atoms with Gasteiger partial charge in [0.2, 0.25) is 0 Å². The Labute approximate surface area is 90.1 Å². The van der Waals surface area contributed by atoms with Crippen LogP contribution in [0, 0.1) is 5.82 Å². The highest BCUT2D eigenvalue weighted by atomic mass is 19.1. The summed E-state index contributed by atoms with van der Waals surface area (Å²) < 4.78 is 13.0. The first-order chi connectivity index (χ1) is 7.17. The van der Waals surface area contributed by atoms with Crippen LogP contribution in [0.3, 0.4) is 0 Å². The van der Waals surface area contributed by atoms with Crippen molar-refractivity contribution in [3.63, 3.8) is 0 Å². The third kappa shape index (κ3) is 3.61. The van der Waals surface area contributed by atoms with Crippen LogP contribution in [0.15, 0.2) is 24.3 Å². The Morgan fingerprint density at radius 1 is 1.47 bits per heavy atom. The molecule has 0 amide bonds. The van der Waals surface area contributed by atoms with E-state index in [1.165, 1.54) is 12.1 Å². The molecular weight excluding hydrogens is 193 g/mol. The lowest BCUT2D eigenvalue weighted by Crippen LogP contribution is -2.32. The van der Waals surface area contributed by atoms with Crippen LogP contribution < -0.4 is 5.32 Å². The van der Waals surface area contributed by atoms with Gasteiger partial charge in [-0.25, -0.2) is 4.39 Å². The smallest absolute Gasteiger partial charge is 0.123 e. The Balaban J connectivity index is 2.73. The molecule has 0 aliphatic rings. The average molecular weight is 211 g/mol. The number of benzene rings is 1. The van der Waals surface area contributed by atoms with Gasteiger partial charge < -0.3 is 10.4 Å². The van der Waals surface area contributed by atoms with Crippen molar-refractivity contribution >= 4 is 0 Å². The zero-order valence-corrected chi connectivity index (χ0v) is 9.20. The van der Waals surface area contributed by atoms with E-state index < -0.39 is 0 Å². The number of nitrogens with one attached hydrogen (secondary N) is 1. The molecule has 1 aromatic carbocycles. The number of aliphatic hydroxyl groups is 1. The zero-order chi connectivity index (χ0) is 11.3. The van der Waals surface area contributed by atoms with Crippen LogP contribution in [0.4, 0.5) is 4.39 Å². The quantitative estimate of drug-likeness (QED) is 0.783. The molecule has 0 radical (unpaired) electrons. The molecule has 3 heteroatoms. The van der Waals surface area contributed by atoms with Crippen LogP contribution in [0.1, 0.15) is 31.9 Å². The molecule has 2 atom stereocenters. The van der Waals surface area contributed by atoms with Crippen LogP contribution >= 0.6 is 0 Å². The van der Waals surface area contributed by atoms with Gasteiger partial charge >= 0.3 is 0 Å². The summed E-state index contributed by atoms with van der Waals surface area (Å²) in [5.74, 6) is -0.218. The van der Waals surface area contributed by atoms with E-state index in [0.29, 0.717) is 0 Å². The van der Waals surface area contributed by atoms with Crippen LogP contribution in [0.25, 0.3) is 0 Å². The fourth-order valence-corrected chi connectivity index (χ4v) is 1.57. The van der Waals surface area contributed by atoms with Crippen molar-refractivity contribution in [2.24, 2.45) is 0 Å². The minimum Gasteiger partial charge on any atom is -0.395 e. The molecule has 1 aromatic rings. The lowest BCUT2D eigenvalue weighted by molar-refractivity contribution is 0.239. The highest BCUT2D eigenvalue weighted by molar-refractivity contribution is 5.20. The Morgan fingerprint density at radius 3 is 2.73 bits per heavy atom. The third-order valence-electron chi connectivity index (χ3n) is 2.42. The highest BCUT2D eigenvalue weighted by Crippen LogP contribution is 2.17. The molecule has 0 heterocycles. The topological polar surface area (TPSA) is 32.3 Å². The molecule has 84 valence electrons. The maximum atomic E-state index is 13.0. The first kappa shape index (κ1) is 12.1. The monoisotopic (exact) mass is 211 g/mol. The van der Waals surface area contributed by atoms with E-state index in [0.717, 1.165) is 12.0 Å². The van der Waals surface area contributed by atoms with Crippen LogP contribution in [-0.4, -0.2) is 17.8 Å². The van der Waals surface area contributed by atoms with E-state index in [2.05, 4.69) is 5.32 Å². The predicted octanol–water partition coefficient (Wildman–Crippen LogP) is 2.25. The van der Waals surface area contributed by atoms with E-state index in [4.69, 9.17) is 5.11 Å². The summed E-state index contributed by atoms with van der Waals surface area (Å²) in [4.78, 5) is 0. The minimum atomic E-state index is -0.218. The minimum absolute atomic E-state index is 0.0261. The summed E-state index contributed by atoms with van der Waals surface area (Å²) in [6, 6.07) is 6.70. The molecule has 0 bridgehead atoms. The average Bonchev–Trinajstić information content (AvgIpc) is 2.25. The van der Waals surface area contributed by atoms with Gasteiger partial charge in [-0.1, -0.05) is 19.1 Å². The Bertz CT molecular complexity index is 303. The first-order valence-electron chi connectivity index (χ1n) is 5.29. The summed E-state index contributed by atoms with van der Waals surface area (Å²) in [5, 5.41) is 12.2. The number of hydrogen-bond donors (Lipinski definition) is 2. The fourth-order valence-electron chi connectivity index (χ4n) is 1.57. The molecule has 2 unspecified atom stereocenters. The normalized spacial score (nSPS) is 14.9. The summed E-state index contributed by atoms with van der Waals surface area (Å²) in [6.07, 6.45) is 0.869. The standard InChI is InChI=1S/C12H18FNO/c1-3-12(14-9(2)8-15)10-5-4-6-11(13)7-10/h4-7,9,12,14-15H,3,8H2,1-2H3. The zero-order valence-electron chi connectivity index (χ0n) is 9.20. The van der Waals surface area contributed by atoms with Crippen molar-refractivity contribution in [3.05, 3.63) is 35.6 Å². The van der Waals surface area contributed by atoms with E-state index >= 15 is 0 Å². The number of hydrogen-bond acceptors (Lipinski definition) is 2. The molecular formula is C12H18FNO. The van der Waals surface area contributed by atoms with E-state index in [1.807, 2.05) is 19.9 Å². The van der Waals surface area contributed by atoms with E-state index in [-0.39, 0.29) is 24.5 Å². The Morgan fingerprint density at radius 2 is 2.20 bits per heavy atom. The van der Waals surface area contributed by atoms with Gasteiger partial charge in [0.15, 0.2) is 0 Å². The van der Waals surface area contributed by atoms with E-state index in [9.17, 15) is 4.39 Å². The summed E-state index contributed by atoms with van der Waals surface area (Å²) in [6.45, 7) is 4.03. The summed E-state index contributed by atoms with van der Waals surface area (Å²) >= 11 is 0. The highest BCUT2D eigenvalue weighted by Gasteiger charge is 2.12. The van der Waals surface area contributed by atoms with Crippen molar-refractivity contribution in [2.45, 2.75) is 32.4 Å². The molecule has 0 spiro atoms. The number of rotatable bonds is 5. The molecule has 2 N–H and O–H groups in total. The van der Waals surface area contributed by atoms with Gasteiger partial charge in [-0.05, 0) is 31.0 Å². The molecule has 0 aromatic heterocycles. The predicted molar refractivity (Wildman–Crippen MR) is 59.1 cm³/mol. The van der Waals surface area contributed by atoms with Crippen molar-refractivity contribution in [1.82, 2.24) is 5.32 Å². The second kappa shape index (κ2) is 5.83. The first-order valence-corrected chi connectivity index (χ1v) is 5.29. The maximum absolute atomic E-state index is 13.0. The molecule has 15 heavy (non-hydrogen) atoms. The van der Waals surface area contributed by atoms with Crippen molar-refractivity contribution in [3.8, 4) is 0 Å². The summed E-state index contributed by atoms with van der Waals surface area (Å²) in [7, 11) is 0. The second-order valence-electron chi connectivity index (χ2n) is 3.77. The van der Waals surface area contributed by atoms with Gasteiger partial charge in [-0.3, -0.25) is 0 Å². The third-order valence-corrected chi connectivity index (χ3v) is 2.42.